The van der Waals surface area contributed by atoms with Crippen LogP contribution in [0, 0.1) is 11.6 Å². The minimum atomic E-state index is 0.516. The summed E-state index contributed by atoms with van der Waals surface area (Å²) in [6, 6.07) is 5.75. The Kier molecular flexibility index (Phi) is 3.68. The normalized spacial score (nSPS) is 14.0. The van der Waals surface area contributed by atoms with Crippen LogP contribution in [0.25, 0.3) is 11.3 Å². The van der Waals surface area contributed by atoms with Gasteiger partial charge in [-0.05, 0) is 38.0 Å². The molecule has 1 fully saturated rings. The molecule has 0 aliphatic heterocycles. The molecule has 4 nitrogen and oxygen atoms in total. The third-order valence-electron chi connectivity index (χ3n) is 3.81. The van der Waals surface area contributed by atoms with Crippen LogP contribution in [-0.4, -0.2) is 24.2 Å². The van der Waals surface area contributed by atoms with Crippen LogP contribution in [0.5, 0.6) is 11.5 Å². The molecule has 0 saturated heterocycles. The van der Waals surface area contributed by atoms with Crippen molar-refractivity contribution in [2.45, 2.75) is 25.7 Å². The largest absolute Gasteiger partial charge is 0.497 e. The number of nitrogens with zero attached hydrogens (tertiary/aromatic N) is 1. The Hall–Kier alpha value is -1.88. The molecular formula is C16H18N2O2S. The van der Waals surface area contributed by atoms with E-state index in [-0.39, 0.29) is 0 Å². The minimum absolute atomic E-state index is 0.516. The molecule has 21 heavy (non-hydrogen) atoms. The second kappa shape index (κ2) is 5.48. The summed E-state index contributed by atoms with van der Waals surface area (Å²) in [6.45, 7) is 1.98. The zero-order valence-corrected chi connectivity index (χ0v) is 13.2. The fraction of sp³-hybridized carbons (Fsp3) is 0.375. The summed E-state index contributed by atoms with van der Waals surface area (Å²) in [6.07, 6.45) is 2.35. The molecule has 3 rings (SSSR count). The number of benzene rings is 1. The van der Waals surface area contributed by atoms with Crippen LogP contribution in [0.15, 0.2) is 18.2 Å². The number of rotatable bonds is 4. The Morgan fingerprint density at radius 2 is 2.00 bits per heavy atom. The molecule has 0 spiro atoms. The van der Waals surface area contributed by atoms with E-state index in [1.165, 1.54) is 12.8 Å². The standard InChI is InChI=1S/C16H18N2O2S/c1-9-14(17-15(10-4-5-10)18-16(9)21)12-8-11(19-2)6-7-13(12)20-3/h6-8,10H,4-5H2,1-3H3,(H,17,18,21). The first-order valence-electron chi connectivity index (χ1n) is 6.97. The Balaban J connectivity index is 2.21. The van der Waals surface area contributed by atoms with Crippen LogP contribution in [-0.2, 0) is 0 Å². The topological polar surface area (TPSA) is 47.1 Å². The second-order valence-electron chi connectivity index (χ2n) is 5.27. The van der Waals surface area contributed by atoms with Gasteiger partial charge in [-0.2, -0.15) is 0 Å². The van der Waals surface area contributed by atoms with Crippen molar-refractivity contribution in [1.29, 1.82) is 0 Å². The number of nitrogens with one attached hydrogen (secondary N) is 1. The summed E-state index contributed by atoms with van der Waals surface area (Å²) < 4.78 is 11.5. The third-order valence-corrected chi connectivity index (χ3v) is 4.21. The molecule has 1 aliphatic carbocycles. The fourth-order valence-electron chi connectivity index (χ4n) is 2.38. The molecule has 5 heteroatoms. The molecule has 1 saturated carbocycles. The number of aromatic nitrogens is 2. The van der Waals surface area contributed by atoms with E-state index in [1.54, 1.807) is 14.2 Å². The van der Waals surface area contributed by atoms with Crippen molar-refractivity contribution < 1.29 is 9.47 Å². The molecule has 0 unspecified atom stereocenters. The summed E-state index contributed by atoms with van der Waals surface area (Å²) >= 11 is 5.41. The van der Waals surface area contributed by atoms with E-state index in [0.29, 0.717) is 10.6 Å². The van der Waals surface area contributed by atoms with Crippen molar-refractivity contribution >= 4 is 12.2 Å². The summed E-state index contributed by atoms with van der Waals surface area (Å²) in [4.78, 5) is 7.95. The highest BCUT2D eigenvalue weighted by molar-refractivity contribution is 7.71. The first-order chi connectivity index (χ1) is 10.1. The maximum absolute atomic E-state index is 5.48. The van der Waals surface area contributed by atoms with E-state index in [0.717, 1.165) is 34.1 Å². The van der Waals surface area contributed by atoms with Gasteiger partial charge < -0.3 is 14.5 Å². The molecule has 2 aromatic rings. The number of aromatic amines is 1. The Bertz CT molecular complexity index is 736. The lowest BCUT2D eigenvalue weighted by atomic mass is 10.1. The molecule has 1 heterocycles. The Labute approximate surface area is 129 Å². The van der Waals surface area contributed by atoms with E-state index in [4.69, 9.17) is 21.7 Å². The van der Waals surface area contributed by atoms with Crippen molar-refractivity contribution in [3.63, 3.8) is 0 Å². The van der Waals surface area contributed by atoms with E-state index in [9.17, 15) is 0 Å². The SMILES string of the molecule is COc1ccc(OC)c(-c2[nH]c(C3CC3)nc(=S)c2C)c1. The first kappa shape index (κ1) is 14.1. The molecule has 110 valence electrons. The van der Waals surface area contributed by atoms with Gasteiger partial charge in [-0.25, -0.2) is 4.98 Å². The van der Waals surface area contributed by atoms with E-state index in [2.05, 4.69) is 9.97 Å². The number of hydrogen-bond acceptors (Lipinski definition) is 4. The monoisotopic (exact) mass is 302 g/mol. The van der Waals surface area contributed by atoms with Crippen LogP contribution in [0.3, 0.4) is 0 Å². The molecule has 0 radical (unpaired) electrons. The molecule has 0 bridgehead atoms. The molecule has 1 aromatic carbocycles. The number of methoxy groups -OCH3 is 2. The maximum Gasteiger partial charge on any atom is 0.133 e. The van der Waals surface area contributed by atoms with Gasteiger partial charge >= 0.3 is 0 Å². The fourth-order valence-corrected chi connectivity index (χ4v) is 2.58. The highest BCUT2D eigenvalue weighted by Gasteiger charge is 2.27. The molecule has 0 atom stereocenters. The number of hydrogen-bond donors (Lipinski definition) is 1. The molecule has 1 aliphatic rings. The Morgan fingerprint density at radius 1 is 1.24 bits per heavy atom. The predicted octanol–water partition coefficient (Wildman–Crippen LogP) is 4.01. The third kappa shape index (κ3) is 2.65. The average Bonchev–Trinajstić information content (AvgIpc) is 3.34. The van der Waals surface area contributed by atoms with Crippen molar-refractivity contribution in [3.8, 4) is 22.8 Å². The van der Waals surface area contributed by atoms with Gasteiger partial charge in [0, 0.05) is 17.0 Å². The summed E-state index contributed by atoms with van der Waals surface area (Å²) in [5.41, 5.74) is 2.87. The summed E-state index contributed by atoms with van der Waals surface area (Å²) in [5.74, 6) is 3.07. The summed E-state index contributed by atoms with van der Waals surface area (Å²) in [5, 5.41) is 0. The highest BCUT2D eigenvalue weighted by atomic mass is 32.1. The minimum Gasteiger partial charge on any atom is -0.497 e. The molecule has 0 amide bonds. The second-order valence-corrected chi connectivity index (χ2v) is 5.65. The predicted molar refractivity (Wildman–Crippen MR) is 84.7 cm³/mol. The van der Waals surface area contributed by atoms with Crippen molar-refractivity contribution in [2.75, 3.05) is 14.2 Å². The lowest BCUT2D eigenvalue weighted by molar-refractivity contribution is 0.404. The van der Waals surface area contributed by atoms with Gasteiger partial charge in [0.1, 0.15) is 22.0 Å². The van der Waals surface area contributed by atoms with Gasteiger partial charge in [0.05, 0.1) is 19.9 Å². The van der Waals surface area contributed by atoms with Gasteiger partial charge in [-0.3, -0.25) is 0 Å². The van der Waals surface area contributed by atoms with Crippen LogP contribution in [0.4, 0.5) is 0 Å². The zero-order chi connectivity index (χ0) is 15.0. The molecule has 1 aromatic heterocycles. The van der Waals surface area contributed by atoms with Gasteiger partial charge in [-0.15, -0.1) is 0 Å². The zero-order valence-electron chi connectivity index (χ0n) is 12.4. The van der Waals surface area contributed by atoms with Crippen molar-refractivity contribution in [1.82, 2.24) is 9.97 Å². The van der Waals surface area contributed by atoms with E-state index in [1.807, 2.05) is 25.1 Å². The van der Waals surface area contributed by atoms with Crippen LogP contribution >= 0.6 is 12.2 Å². The van der Waals surface area contributed by atoms with Gasteiger partial charge in [0.2, 0.25) is 0 Å². The van der Waals surface area contributed by atoms with E-state index >= 15 is 0 Å². The van der Waals surface area contributed by atoms with Gasteiger partial charge in [-0.1, -0.05) is 12.2 Å². The Morgan fingerprint density at radius 3 is 2.62 bits per heavy atom. The first-order valence-corrected chi connectivity index (χ1v) is 7.38. The van der Waals surface area contributed by atoms with Crippen LogP contribution < -0.4 is 9.47 Å². The lowest BCUT2D eigenvalue weighted by Crippen LogP contribution is -2.01. The highest BCUT2D eigenvalue weighted by Crippen LogP contribution is 2.40. The smallest absolute Gasteiger partial charge is 0.133 e. The average molecular weight is 302 g/mol. The quantitative estimate of drug-likeness (QED) is 0.867. The van der Waals surface area contributed by atoms with Crippen molar-refractivity contribution in [2.24, 2.45) is 0 Å². The summed E-state index contributed by atoms with van der Waals surface area (Å²) in [7, 11) is 3.32. The molecule has 1 N–H and O–H groups in total. The lowest BCUT2D eigenvalue weighted by Gasteiger charge is -2.14. The number of H-pyrrole nitrogens is 1. The molecular weight excluding hydrogens is 284 g/mol. The van der Waals surface area contributed by atoms with Gasteiger partial charge in [0.15, 0.2) is 0 Å². The maximum atomic E-state index is 5.48. The van der Waals surface area contributed by atoms with Crippen LogP contribution in [0.1, 0.15) is 30.1 Å². The van der Waals surface area contributed by atoms with Crippen LogP contribution in [0.2, 0.25) is 0 Å². The van der Waals surface area contributed by atoms with Crippen molar-refractivity contribution in [3.05, 3.63) is 34.2 Å². The van der Waals surface area contributed by atoms with E-state index < -0.39 is 0 Å². The number of ether oxygens (including phenoxy) is 2. The van der Waals surface area contributed by atoms with Gasteiger partial charge in [0.25, 0.3) is 0 Å².